The van der Waals surface area contributed by atoms with Crippen LogP contribution >= 0.6 is 0 Å². The number of piperazine rings is 1. The molecular weight excluding hydrogens is 375 g/mol. The zero-order valence-corrected chi connectivity index (χ0v) is 18.2. The lowest BCUT2D eigenvalue weighted by molar-refractivity contribution is 0.245. The number of pyridine rings is 1. The first-order valence-electron chi connectivity index (χ1n) is 11.7. The summed E-state index contributed by atoms with van der Waals surface area (Å²) >= 11 is 0. The van der Waals surface area contributed by atoms with Gasteiger partial charge in [-0.3, -0.25) is 4.90 Å². The first-order valence-corrected chi connectivity index (χ1v) is 11.7. The van der Waals surface area contributed by atoms with Gasteiger partial charge in [-0.05, 0) is 80.6 Å². The second kappa shape index (κ2) is 10.4. The molecule has 0 aliphatic carbocycles. The van der Waals surface area contributed by atoms with Crippen LogP contribution in [-0.2, 0) is 6.42 Å². The van der Waals surface area contributed by atoms with E-state index in [-0.39, 0.29) is 5.82 Å². The Balaban J connectivity index is 1.43. The Morgan fingerprint density at radius 1 is 1.07 bits per heavy atom. The lowest BCUT2D eigenvalue weighted by Gasteiger charge is -2.36. The highest BCUT2D eigenvalue weighted by molar-refractivity contribution is 5.67. The highest BCUT2D eigenvalue weighted by Crippen LogP contribution is 2.26. The van der Waals surface area contributed by atoms with E-state index in [0.717, 1.165) is 74.1 Å². The van der Waals surface area contributed by atoms with E-state index < -0.39 is 0 Å². The molecule has 1 atom stereocenters. The molecule has 2 aromatic rings. The fourth-order valence-electron chi connectivity index (χ4n) is 4.57. The van der Waals surface area contributed by atoms with Crippen LogP contribution in [0, 0.1) is 5.82 Å². The van der Waals surface area contributed by atoms with Crippen molar-refractivity contribution in [3.8, 4) is 11.1 Å². The third kappa shape index (κ3) is 5.58. The molecule has 5 heteroatoms. The molecular formula is C25H35FN4. The van der Waals surface area contributed by atoms with Crippen molar-refractivity contribution in [3.05, 3.63) is 47.9 Å². The number of hydrogen-bond donors (Lipinski definition) is 1. The minimum absolute atomic E-state index is 0.192. The number of unbranched alkanes of at least 4 members (excludes halogenated alkanes) is 1. The highest BCUT2D eigenvalue weighted by Gasteiger charge is 2.21. The van der Waals surface area contributed by atoms with Gasteiger partial charge in [-0.15, -0.1) is 0 Å². The predicted octanol–water partition coefficient (Wildman–Crippen LogP) is 4.49. The number of nitrogens with one attached hydrogen (secondary N) is 1. The molecule has 3 heterocycles. The zero-order chi connectivity index (χ0) is 20.8. The number of nitrogens with zero attached hydrogens (tertiary/aromatic N) is 3. The van der Waals surface area contributed by atoms with Gasteiger partial charge in [0.15, 0.2) is 0 Å². The van der Waals surface area contributed by atoms with Gasteiger partial charge in [0, 0.05) is 37.9 Å². The smallest absolute Gasteiger partial charge is 0.129 e. The van der Waals surface area contributed by atoms with Gasteiger partial charge in [0.2, 0.25) is 0 Å². The Labute approximate surface area is 180 Å². The summed E-state index contributed by atoms with van der Waals surface area (Å²) in [5.74, 6) is 0.878. The first kappa shape index (κ1) is 21.3. The van der Waals surface area contributed by atoms with Crippen LogP contribution in [0.15, 0.2) is 36.4 Å². The second-order valence-corrected chi connectivity index (χ2v) is 8.73. The summed E-state index contributed by atoms with van der Waals surface area (Å²) in [7, 11) is 0. The zero-order valence-electron chi connectivity index (χ0n) is 18.2. The van der Waals surface area contributed by atoms with E-state index in [1.54, 1.807) is 12.1 Å². The van der Waals surface area contributed by atoms with Crippen LogP contribution in [0.1, 0.15) is 44.7 Å². The lowest BCUT2D eigenvalue weighted by Crippen LogP contribution is -2.47. The summed E-state index contributed by atoms with van der Waals surface area (Å²) in [6.45, 7) is 8.82. The standard InChI is InChI=1S/C25H35FN4/c1-2-3-5-24-18-21(20-7-9-22(26)10-8-20)19-25(28-24)30-16-14-29(15-17-30)13-11-23-6-4-12-27-23/h7-10,18-19,23,27H,2-6,11-17H2,1H3/t23-/m0/s1. The van der Waals surface area contributed by atoms with Crippen molar-refractivity contribution >= 4 is 5.82 Å². The molecule has 1 aromatic carbocycles. The second-order valence-electron chi connectivity index (χ2n) is 8.73. The summed E-state index contributed by atoms with van der Waals surface area (Å²) in [6, 6.07) is 11.9. The van der Waals surface area contributed by atoms with E-state index >= 15 is 0 Å². The molecule has 162 valence electrons. The van der Waals surface area contributed by atoms with E-state index in [2.05, 4.69) is 34.2 Å². The van der Waals surface area contributed by atoms with Crippen LogP contribution in [0.2, 0.25) is 0 Å². The fraction of sp³-hybridized carbons (Fsp3) is 0.560. The normalized spacial score (nSPS) is 20.1. The van der Waals surface area contributed by atoms with Crippen molar-refractivity contribution in [2.75, 3.05) is 44.2 Å². The van der Waals surface area contributed by atoms with Crippen LogP contribution in [0.25, 0.3) is 11.1 Å². The predicted molar refractivity (Wildman–Crippen MR) is 123 cm³/mol. The highest BCUT2D eigenvalue weighted by atomic mass is 19.1. The monoisotopic (exact) mass is 410 g/mol. The van der Waals surface area contributed by atoms with Crippen LogP contribution < -0.4 is 10.2 Å². The molecule has 0 spiro atoms. The van der Waals surface area contributed by atoms with Gasteiger partial charge in [0.05, 0.1) is 0 Å². The number of benzene rings is 1. The quantitative estimate of drug-likeness (QED) is 0.695. The van der Waals surface area contributed by atoms with Crippen molar-refractivity contribution in [3.63, 3.8) is 0 Å². The molecule has 0 bridgehead atoms. The van der Waals surface area contributed by atoms with Crippen LogP contribution in [-0.4, -0.2) is 55.2 Å². The van der Waals surface area contributed by atoms with Crippen LogP contribution in [0.5, 0.6) is 0 Å². The first-order chi connectivity index (χ1) is 14.7. The number of aryl methyl sites for hydroxylation is 1. The number of hydrogen-bond acceptors (Lipinski definition) is 4. The third-order valence-electron chi connectivity index (χ3n) is 6.48. The van der Waals surface area contributed by atoms with Gasteiger partial charge >= 0.3 is 0 Å². The molecule has 0 amide bonds. The van der Waals surface area contributed by atoms with Crippen molar-refractivity contribution in [2.45, 2.75) is 51.5 Å². The molecule has 4 rings (SSSR count). The molecule has 2 fully saturated rings. The van der Waals surface area contributed by atoms with E-state index in [9.17, 15) is 4.39 Å². The van der Waals surface area contributed by atoms with Gasteiger partial charge < -0.3 is 10.2 Å². The van der Waals surface area contributed by atoms with Gasteiger partial charge in [0.1, 0.15) is 11.6 Å². The number of halogens is 1. The number of rotatable bonds is 8. The lowest BCUT2D eigenvalue weighted by atomic mass is 10.0. The summed E-state index contributed by atoms with van der Waals surface area (Å²) in [5, 5.41) is 3.61. The molecule has 0 radical (unpaired) electrons. The molecule has 2 saturated heterocycles. The van der Waals surface area contributed by atoms with Gasteiger partial charge in [-0.2, -0.15) is 0 Å². The summed E-state index contributed by atoms with van der Waals surface area (Å²) < 4.78 is 13.4. The number of anilines is 1. The minimum Gasteiger partial charge on any atom is -0.354 e. The van der Waals surface area contributed by atoms with E-state index in [4.69, 9.17) is 4.98 Å². The molecule has 30 heavy (non-hydrogen) atoms. The Bertz CT molecular complexity index is 793. The Kier molecular flexibility index (Phi) is 7.34. The van der Waals surface area contributed by atoms with Gasteiger partial charge in [0.25, 0.3) is 0 Å². The van der Waals surface area contributed by atoms with E-state index in [1.807, 2.05) is 12.1 Å². The summed E-state index contributed by atoms with van der Waals surface area (Å²) in [4.78, 5) is 10.0. The Morgan fingerprint density at radius 3 is 2.57 bits per heavy atom. The topological polar surface area (TPSA) is 31.4 Å². The van der Waals surface area contributed by atoms with Crippen molar-refractivity contribution < 1.29 is 4.39 Å². The van der Waals surface area contributed by atoms with Crippen molar-refractivity contribution in [2.24, 2.45) is 0 Å². The molecule has 4 nitrogen and oxygen atoms in total. The van der Waals surface area contributed by atoms with E-state index in [0.29, 0.717) is 0 Å². The molecule has 2 aliphatic rings. The van der Waals surface area contributed by atoms with Gasteiger partial charge in [-0.1, -0.05) is 25.5 Å². The maximum absolute atomic E-state index is 13.4. The Morgan fingerprint density at radius 2 is 1.87 bits per heavy atom. The molecule has 0 unspecified atom stereocenters. The largest absolute Gasteiger partial charge is 0.354 e. The Hall–Kier alpha value is -1.98. The van der Waals surface area contributed by atoms with E-state index in [1.165, 1.54) is 32.4 Å². The summed E-state index contributed by atoms with van der Waals surface area (Å²) in [6.07, 6.45) is 7.22. The maximum atomic E-state index is 13.4. The van der Waals surface area contributed by atoms with Crippen LogP contribution in [0.3, 0.4) is 0 Å². The van der Waals surface area contributed by atoms with Crippen molar-refractivity contribution in [1.82, 2.24) is 15.2 Å². The average Bonchev–Trinajstić information content (AvgIpc) is 3.31. The van der Waals surface area contributed by atoms with Crippen molar-refractivity contribution in [1.29, 1.82) is 0 Å². The average molecular weight is 411 g/mol. The van der Waals surface area contributed by atoms with Gasteiger partial charge in [-0.25, -0.2) is 9.37 Å². The third-order valence-corrected chi connectivity index (χ3v) is 6.48. The summed E-state index contributed by atoms with van der Waals surface area (Å²) in [5.41, 5.74) is 3.34. The maximum Gasteiger partial charge on any atom is 0.129 e. The SMILES string of the molecule is CCCCc1cc(-c2ccc(F)cc2)cc(N2CCN(CC[C@@H]3CCCN3)CC2)n1. The molecule has 1 N–H and O–H groups in total. The number of aromatic nitrogens is 1. The van der Waals surface area contributed by atoms with Crippen LogP contribution in [0.4, 0.5) is 10.2 Å². The molecule has 2 aliphatic heterocycles. The minimum atomic E-state index is -0.192. The molecule has 1 aromatic heterocycles. The fourth-order valence-corrected chi connectivity index (χ4v) is 4.57. The molecule has 0 saturated carbocycles.